The molecule has 1 aromatic heterocycles. The Hall–Kier alpha value is -1.36. The normalized spacial score (nSPS) is 13.4. The van der Waals surface area contributed by atoms with Gasteiger partial charge in [0.1, 0.15) is 5.82 Å². The monoisotopic (exact) mass is 294 g/mol. The molecule has 3 N–H and O–H groups in total. The lowest BCUT2D eigenvalue weighted by Crippen LogP contribution is -2.12. The average molecular weight is 295 g/mol. The number of nitrogens with zero attached hydrogens (tertiary/aromatic N) is 2. The maximum Gasteiger partial charge on any atom is 0.163 e. The van der Waals surface area contributed by atoms with Crippen molar-refractivity contribution in [2.24, 2.45) is 5.84 Å². The van der Waals surface area contributed by atoms with Gasteiger partial charge in [-0.15, -0.1) is 0 Å². The fourth-order valence-corrected chi connectivity index (χ4v) is 2.84. The number of nitrogens with two attached hydrogens (primary N) is 1. The van der Waals surface area contributed by atoms with Crippen LogP contribution in [0.5, 0.6) is 0 Å². The number of benzene rings is 1. The zero-order valence-corrected chi connectivity index (χ0v) is 11.6. The number of fused-ring (bicyclic) bond motifs is 1. The fraction of sp³-hybridized carbons (Fsp3) is 0.231. The van der Waals surface area contributed by atoms with Crippen LogP contribution in [0.15, 0.2) is 18.2 Å². The second-order valence-electron chi connectivity index (χ2n) is 4.44. The van der Waals surface area contributed by atoms with Gasteiger partial charge < -0.3 is 5.43 Å². The highest BCUT2D eigenvalue weighted by molar-refractivity contribution is 6.36. The molecule has 0 unspecified atom stereocenters. The van der Waals surface area contributed by atoms with Crippen molar-refractivity contribution in [2.45, 2.75) is 19.3 Å². The standard InChI is InChI=1S/C13H12Cl2N4/c14-7-4-5-8(10(15)6-7)12-17-11-3-1-2-9(11)13(18-12)19-16/h4-6H,1-3,16H2,(H,17,18,19). The Labute approximate surface area is 120 Å². The van der Waals surface area contributed by atoms with Gasteiger partial charge in [0, 0.05) is 21.8 Å². The highest BCUT2D eigenvalue weighted by Gasteiger charge is 2.20. The zero-order chi connectivity index (χ0) is 13.4. The predicted octanol–water partition coefficient (Wildman–Crippen LogP) is 3.22. The van der Waals surface area contributed by atoms with E-state index in [0.29, 0.717) is 21.7 Å². The zero-order valence-electron chi connectivity index (χ0n) is 10.1. The number of halogens is 2. The molecule has 4 nitrogen and oxygen atoms in total. The minimum atomic E-state index is 0.536. The highest BCUT2D eigenvalue weighted by Crippen LogP contribution is 2.32. The van der Waals surface area contributed by atoms with Gasteiger partial charge in [0.15, 0.2) is 5.82 Å². The summed E-state index contributed by atoms with van der Waals surface area (Å²) in [7, 11) is 0. The molecule has 3 rings (SSSR count). The van der Waals surface area contributed by atoms with E-state index < -0.39 is 0 Å². The number of hydrogen-bond acceptors (Lipinski definition) is 4. The van der Waals surface area contributed by atoms with Crippen LogP contribution in [0, 0.1) is 0 Å². The number of aromatic nitrogens is 2. The summed E-state index contributed by atoms with van der Waals surface area (Å²) >= 11 is 12.1. The quantitative estimate of drug-likeness (QED) is 0.659. The molecular weight excluding hydrogens is 283 g/mol. The van der Waals surface area contributed by atoms with Crippen LogP contribution >= 0.6 is 23.2 Å². The molecule has 0 spiro atoms. The van der Waals surface area contributed by atoms with Crippen molar-refractivity contribution >= 4 is 29.0 Å². The number of anilines is 1. The molecule has 1 aromatic carbocycles. The molecule has 0 aliphatic heterocycles. The molecule has 0 atom stereocenters. The Kier molecular flexibility index (Phi) is 3.31. The molecule has 0 fully saturated rings. The Bertz CT molecular complexity index is 643. The van der Waals surface area contributed by atoms with Gasteiger partial charge in [0.2, 0.25) is 0 Å². The van der Waals surface area contributed by atoms with Gasteiger partial charge >= 0.3 is 0 Å². The summed E-state index contributed by atoms with van der Waals surface area (Å²) in [4.78, 5) is 9.04. The van der Waals surface area contributed by atoms with Crippen LogP contribution in [0.25, 0.3) is 11.4 Å². The van der Waals surface area contributed by atoms with E-state index in [0.717, 1.165) is 36.1 Å². The first kappa shape index (κ1) is 12.7. The van der Waals surface area contributed by atoms with Crippen molar-refractivity contribution in [3.8, 4) is 11.4 Å². The number of nitrogen functional groups attached to an aromatic ring is 1. The summed E-state index contributed by atoms with van der Waals surface area (Å²) in [5.74, 6) is 6.80. The first-order chi connectivity index (χ1) is 9.19. The lowest BCUT2D eigenvalue weighted by atomic mass is 10.2. The Morgan fingerprint density at radius 2 is 2.00 bits per heavy atom. The SMILES string of the molecule is NNc1nc(-c2ccc(Cl)cc2Cl)nc2c1CCC2. The van der Waals surface area contributed by atoms with Crippen LogP contribution in [-0.4, -0.2) is 9.97 Å². The molecule has 0 radical (unpaired) electrons. The van der Waals surface area contributed by atoms with E-state index >= 15 is 0 Å². The number of aryl methyl sites for hydroxylation is 1. The lowest BCUT2D eigenvalue weighted by Gasteiger charge is -2.10. The minimum Gasteiger partial charge on any atom is -0.308 e. The Balaban J connectivity index is 2.15. The van der Waals surface area contributed by atoms with Crippen molar-refractivity contribution in [2.75, 3.05) is 5.43 Å². The van der Waals surface area contributed by atoms with Crippen LogP contribution in [0.1, 0.15) is 17.7 Å². The topological polar surface area (TPSA) is 63.8 Å². The van der Waals surface area contributed by atoms with Gasteiger partial charge in [-0.2, -0.15) is 0 Å². The van der Waals surface area contributed by atoms with E-state index in [1.54, 1.807) is 12.1 Å². The molecule has 2 aromatic rings. The van der Waals surface area contributed by atoms with Crippen molar-refractivity contribution in [3.05, 3.63) is 39.5 Å². The van der Waals surface area contributed by atoms with Crippen molar-refractivity contribution in [1.82, 2.24) is 9.97 Å². The molecular formula is C13H12Cl2N4. The van der Waals surface area contributed by atoms with Crippen molar-refractivity contribution in [1.29, 1.82) is 0 Å². The Morgan fingerprint density at radius 1 is 1.16 bits per heavy atom. The summed E-state index contributed by atoms with van der Waals surface area (Å²) in [5, 5.41) is 1.13. The summed E-state index contributed by atoms with van der Waals surface area (Å²) in [6.07, 6.45) is 2.99. The molecule has 98 valence electrons. The van der Waals surface area contributed by atoms with Crippen LogP contribution in [0.4, 0.5) is 5.82 Å². The lowest BCUT2D eigenvalue weighted by molar-refractivity contribution is 0.900. The second-order valence-corrected chi connectivity index (χ2v) is 5.29. The molecule has 0 saturated carbocycles. The molecule has 1 aliphatic rings. The van der Waals surface area contributed by atoms with Gasteiger partial charge in [0.05, 0.1) is 5.02 Å². The number of nitrogens with one attached hydrogen (secondary N) is 1. The summed E-state index contributed by atoms with van der Waals surface area (Å²) in [6.45, 7) is 0. The van der Waals surface area contributed by atoms with Crippen LogP contribution < -0.4 is 11.3 Å². The maximum absolute atomic E-state index is 6.19. The first-order valence-electron chi connectivity index (χ1n) is 6.01. The number of hydrogen-bond donors (Lipinski definition) is 2. The van der Waals surface area contributed by atoms with E-state index in [-0.39, 0.29) is 0 Å². The van der Waals surface area contributed by atoms with Gasteiger partial charge in [-0.1, -0.05) is 23.2 Å². The maximum atomic E-state index is 6.19. The minimum absolute atomic E-state index is 0.536. The van der Waals surface area contributed by atoms with E-state index in [1.165, 1.54) is 0 Å². The van der Waals surface area contributed by atoms with Gasteiger partial charge in [-0.3, -0.25) is 0 Å². The van der Waals surface area contributed by atoms with E-state index in [9.17, 15) is 0 Å². The van der Waals surface area contributed by atoms with Crippen molar-refractivity contribution < 1.29 is 0 Å². The number of hydrazine groups is 1. The largest absolute Gasteiger partial charge is 0.308 e. The van der Waals surface area contributed by atoms with Crippen LogP contribution in [0.3, 0.4) is 0 Å². The highest BCUT2D eigenvalue weighted by atomic mass is 35.5. The number of rotatable bonds is 2. The molecule has 1 aliphatic carbocycles. The van der Waals surface area contributed by atoms with Gasteiger partial charge in [0.25, 0.3) is 0 Å². The fourth-order valence-electron chi connectivity index (χ4n) is 2.34. The van der Waals surface area contributed by atoms with Crippen LogP contribution in [-0.2, 0) is 12.8 Å². The van der Waals surface area contributed by atoms with Gasteiger partial charge in [-0.25, -0.2) is 15.8 Å². The van der Waals surface area contributed by atoms with Gasteiger partial charge in [-0.05, 0) is 37.5 Å². The predicted molar refractivity (Wildman–Crippen MR) is 77.3 cm³/mol. The first-order valence-corrected chi connectivity index (χ1v) is 6.76. The second kappa shape index (κ2) is 4.96. The third kappa shape index (κ3) is 2.27. The van der Waals surface area contributed by atoms with E-state index in [1.807, 2.05) is 6.07 Å². The summed E-state index contributed by atoms with van der Waals surface area (Å²) < 4.78 is 0. The van der Waals surface area contributed by atoms with Crippen molar-refractivity contribution in [3.63, 3.8) is 0 Å². The van der Waals surface area contributed by atoms with E-state index in [2.05, 4.69) is 15.4 Å². The average Bonchev–Trinajstić information content (AvgIpc) is 2.85. The summed E-state index contributed by atoms with van der Waals surface area (Å²) in [5.41, 5.74) is 5.56. The molecule has 0 saturated heterocycles. The molecule has 0 amide bonds. The molecule has 1 heterocycles. The third-order valence-electron chi connectivity index (χ3n) is 3.24. The summed E-state index contributed by atoms with van der Waals surface area (Å²) in [6, 6.07) is 5.28. The molecule has 6 heteroatoms. The van der Waals surface area contributed by atoms with Crippen LogP contribution in [0.2, 0.25) is 10.0 Å². The smallest absolute Gasteiger partial charge is 0.163 e. The van der Waals surface area contributed by atoms with E-state index in [4.69, 9.17) is 29.0 Å². The Morgan fingerprint density at radius 3 is 2.74 bits per heavy atom. The molecule has 19 heavy (non-hydrogen) atoms. The third-order valence-corrected chi connectivity index (χ3v) is 3.79. The molecule has 0 bridgehead atoms.